The number of hydrogen-bond acceptors (Lipinski definition) is 4. The van der Waals surface area contributed by atoms with Gasteiger partial charge in [-0.2, -0.15) is 0 Å². The Bertz CT molecular complexity index is 312. The Morgan fingerprint density at radius 3 is 2.88 bits per heavy atom. The van der Waals surface area contributed by atoms with Gasteiger partial charge < -0.3 is 9.64 Å². The van der Waals surface area contributed by atoms with Crippen LogP contribution in [-0.2, 0) is 4.74 Å². The van der Waals surface area contributed by atoms with Crippen molar-refractivity contribution in [2.75, 3.05) is 51.3 Å². The molecule has 0 aliphatic carbocycles. The van der Waals surface area contributed by atoms with Crippen LogP contribution in [0.1, 0.15) is 6.42 Å². The topological polar surface area (TPSA) is 28.6 Å². The maximum absolute atomic E-state index is 5.33. The van der Waals surface area contributed by atoms with E-state index in [1.807, 2.05) is 18.3 Å². The van der Waals surface area contributed by atoms with Gasteiger partial charge >= 0.3 is 0 Å². The zero-order valence-electron chi connectivity index (χ0n) is 10.5. The zero-order valence-corrected chi connectivity index (χ0v) is 10.5. The molecule has 0 radical (unpaired) electrons. The van der Waals surface area contributed by atoms with Crippen molar-refractivity contribution >= 4 is 5.82 Å². The van der Waals surface area contributed by atoms with Gasteiger partial charge in [0.25, 0.3) is 0 Å². The minimum Gasteiger partial charge on any atom is -0.379 e. The molecule has 0 atom stereocenters. The lowest BCUT2D eigenvalue weighted by Gasteiger charge is -2.27. The fraction of sp³-hybridized carbons (Fsp3) is 0.615. The molecule has 0 unspecified atom stereocenters. The molecule has 0 aromatic carbocycles. The Morgan fingerprint density at radius 1 is 1.35 bits per heavy atom. The lowest BCUT2D eigenvalue weighted by Crippen LogP contribution is -2.37. The predicted molar refractivity (Wildman–Crippen MR) is 69.4 cm³/mol. The summed E-state index contributed by atoms with van der Waals surface area (Å²) in [6.45, 7) is 6.13. The van der Waals surface area contributed by atoms with Gasteiger partial charge in [-0.05, 0) is 18.6 Å². The van der Waals surface area contributed by atoms with Gasteiger partial charge in [0.05, 0.1) is 13.2 Å². The first-order valence-electron chi connectivity index (χ1n) is 6.28. The summed E-state index contributed by atoms with van der Waals surface area (Å²) in [5, 5.41) is 0. The van der Waals surface area contributed by atoms with Gasteiger partial charge in [0.15, 0.2) is 0 Å². The number of morpholine rings is 1. The summed E-state index contributed by atoms with van der Waals surface area (Å²) >= 11 is 0. The SMILES string of the molecule is CN(CCCN1CCOCC1)c1ccccn1. The molecule has 1 aliphatic heterocycles. The fourth-order valence-electron chi connectivity index (χ4n) is 2.05. The lowest BCUT2D eigenvalue weighted by molar-refractivity contribution is 0.0377. The number of hydrogen-bond donors (Lipinski definition) is 0. The van der Waals surface area contributed by atoms with E-state index in [0.29, 0.717) is 0 Å². The van der Waals surface area contributed by atoms with Crippen LogP contribution in [-0.4, -0.2) is 56.3 Å². The number of nitrogens with zero attached hydrogens (tertiary/aromatic N) is 3. The van der Waals surface area contributed by atoms with Crippen LogP contribution in [0.3, 0.4) is 0 Å². The van der Waals surface area contributed by atoms with E-state index in [1.165, 1.54) is 6.42 Å². The molecule has 0 spiro atoms. The van der Waals surface area contributed by atoms with E-state index in [9.17, 15) is 0 Å². The van der Waals surface area contributed by atoms with Crippen molar-refractivity contribution in [2.24, 2.45) is 0 Å². The van der Waals surface area contributed by atoms with Crippen molar-refractivity contribution in [2.45, 2.75) is 6.42 Å². The van der Waals surface area contributed by atoms with E-state index in [0.717, 1.165) is 45.2 Å². The van der Waals surface area contributed by atoms with Crippen LogP contribution in [0.25, 0.3) is 0 Å². The summed E-state index contributed by atoms with van der Waals surface area (Å²) in [6.07, 6.45) is 3.01. The molecule has 4 heteroatoms. The standard InChI is InChI=1S/C13H21N3O/c1-15(13-5-2-3-6-14-13)7-4-8-16-9-11-17-12-10-16/h2-3,5-6H,4,7-12H2,1H3. The number of pyridine rings is 1. The molecular formula is C13H21N3O. The third-order valence-corrected chi connectivity index (χ3v) is 3.11. The van der Waals surface area contributed by atoms with Crippen molar-refractivity contribution in [1.82, 2.24) is 9.88 Å². The fourth-order valence-corrected chi connectivity index (χ4v) is 2.05. The van der Waals surface area contributed by atoms with Crippen LogP contribution in [0, 0.1) is 0 Å². The zero-order chi connectivity index (χ0) is 11.9. The summed E-state index contributed by atoms with van der Waals surface area (Å²) in [5.74, 6) is 1.05. The van der Waals surface area contributed by atoms with Crippen LogP contribution < -0.4 is 4.90 Å². The lowest BCUT2D eigenvalue weighted by atomic mass is 10.3. The molecule has 1 fully saturated rings. The van der Waals surface area contributed by atoms with Gasteiger partial charge in [0.1, 0.15) is 5.82 Å². The Hall–Kier alpha value is -1.13. The maximum atomic E-state index is 5.33. The molecule has 2 heterocycles. The smallest absolute Gasteiger partial charge is 0.128 e. The Morgan fingerprint density at radius 2 is 2.18 bits per heavy atom. The number of ether oxygens (including phenoxy) is 1. The van der Waals surface area contributed by atoms with Crippen LogP contribution in [0.5, 0.6) is 0 Å². The molecule has 94 valence electrons. The average Bonchev–Trinajstić information content (AvgIpc) is 2.41. The van der Waals surface area contributed by atoms with Crippen LogP contribution >= 0.6 is 0 Å². The van der Waals surface area contributed by atoms with Gasteiger partial charge in [-0.1, -0.05) is 6.07 Å². The van der Waals surface area contributed by atoms with Gasteiger partial charge in [0, 0.05) is 39.4 Å². The summed E-state index contributed by atoms with van der Waals surface area (Å²) in [6, 6.07) is 6.03. The van der Waals surface area contributed by atoms with E-state index in [2.05, 4.69) is 27.9 Å². The molecule has 0 saturated carbocycles. The molecule has 1 saturated heterocycles. The van der Waals surface area contributed by atoms with Crippen LogP contribution in [0.2, 0.25) is 0 Å². The predicted octanol–water partition coefficient (Wildman–Crippen LogP) is 1.24. The molecule has 0 N–H and O–H groups in total. The molecule has 1 aromatic heterocycles. The molecule has 17 heavy (non-hydrogen) atoms. The van der Waals surface area contributed by atoms with Gasteiger partial charge in [-0.3, -0.25) is 4.90 Å². The maximum Gasteiger partial charge on any atom is 0.128 e. The second-order valence-corrected chi connectivity index (χ2v) is 4.42. The first-order chi connectivity index (χ1) is 8.36. The molecule has 1 aliphatic rings. The van der Waals surface area contributed by atoms with Gasteiger partial charge in [-0.15, -0.1) is 0 Å². The molecular weight excluding hydrogens is 214 g/mol. The number of rotatable bonds is 5. The van der Waals surface area contributed by atoms with Gasteiger partial charge in [0.2, 0.25) is 0 Å². The van der Waals surface area contributed by atoms with Crippen molar-refractivity contribution in [3.8, 4) is 0 Å². The number of aromatic nitrogens is 1. The van der Waals surface area contributed by atoms with Crippen molar-refractivity contribution in [3.05, 3.63) is 24.4 Å². The molecule has 4 nitrogen and oxygen atoms in total. The van der Waals surface area contributed by atoms with E-state index in [-0.39, 0.29) is 0 Å². The largest absolute Gasteiger partial charge is 0.379 e. The molecule has 2 rings (SSSR count). The molecule has 0 bridgehead atoms. The second-order valence-electron chi connectivity index (χ2n) is 4.42. The summed E-state index contributed by atoms with van der Waals surface area (Å²) < 4.78 is 5.33. The van der Waals surface area contributed by atoms with Crippen LogP contribution in [0.4, 0.5) is 5.82 Å². The Balaban J connectivity index is 1.67. The number of anilines is 1. The normalized spacial score (nSPS) is 17.0. The highest BCUT2D eigenvalue weighted by atomic mass is 16.5. The van der Waals surface area contributed by atoms with E-state index in [1.54, 1.807) is 0 Å². The molecule has 0 amide bonds. The first kappa shape index (κ1) is 12.3. The van der Waals surface area contributed by atoms with Crippen molar-refractivity contribution in [3.63, 3.8) is 0 Å². The van der Waals surface area contributed by atoms with Gasteiger partial charge in [-0.25, -0.2) is 4.98 Å². The minimum atomic E-state index is 0.885. The highest BCUT2D eigenvalue weighted by Crippen LogP contribution is 2.07. The summed E-state index contributed by atoms with van der Waals surface area (Å²) in [4.78, 5) is 9.01. The van der Waals surface area contributed by atoms with Crippen molar-refractivity contribution < 1.29 is 4.74 Å². The molecule has 1 aromatic rings. The Kier molecular flexibility index (Phi) is 4.76. The second kappa shape index (κ2) is 6.57. The van der Waals surface area contributed by atoms with Crippen LogP contribution in [0.15, 0.2) is 24.4 Å². The quantitative estimate of drug-likeness (QED) is 0.768. The highest BCUT2D eigenvalue weighted by Gasteiger charge is 2.10. The van der Waals surface area contributed by atoms with E-state index < -0.39 is 0 Å². The average molecular weight is 235 g/mol. The highest BCUT2D eigenvalue weighted by molar-refractivity contribution is 5.36. The minimum absolute atomic E-state index is 0.885. The monoisotopic (exact) mass is 235 g/mol. The summed E-state index contributed by atoms with van der Waals surface area (Å²) in [7, 11) is 2.10. The first-order valence-corrected chi connectivity index (χ1v) is 6.28. The summed E-state index contributed by atoms with van der Waals surface area (Å²) in [5.41, 5.74) is 0. The third-order valence-electron chi connectivity index (χ3n) is 3.11. The van der Waals surface area contributed by atoms with E-state index >= 15 is 0 Å². The van der Waals surface area contributed by atoms with Crippen molar-refractivity contribution in [1.29, 1.82) is 0 Å². The van der Waals surface area contributed by atoms with E-state index in [4.69, 9.17) is 4.74 Å². The third kappa shape index (κ3) is 3.98. The Labute approximate surface area is 103 Å².